The van der Waals surface area contributed by atoms with Crippen LogP contribution < -0.4 is 0 Å². The highest BCUT2D eigenvalue weighted by atomic mass is 32.4. The normalized spacial score (nSPS) is 1.78. The Morgan fingerprint density at radius 1 is 0.667 bits per heavy atom. The second kappa shape index (κ2) is 802. The molecule has 0 rings (SSSR count). The fourth-order valence-electron chi connectivity index (χ4n) is 0. The van der Waals surface area contributed by atoms with Gasteiger partial charge in [0.25, 0.3) is 0 Å². The van der Waals surface area contributed by atoms with Crippen LogP contribution in [0.2, 0.25) is 0 Å². The standard InChI is InChI=1S/CH4.3HOP.HPS/c;4*1-2/h1H4;3*2H;1H. The maximum absolute atomic E-state index is 8.06. The van der Waals surface area contributed by atoms with Gasteiger partial charge in [0, 0.05) is 0 Å². The first-order valence-corrected chi connectivity index (χ1v) is 3.67. The zero-order valence-corrected chi connectivity index (χ0v) is 8.45. The van der Waals surface area contributed by atoms with E-state index in [2.05, 4.69) is 19.8 Å². The van der Waals surface area contributed by atoms with Crippen LogP contribution in [-0.2, 0) is 25.5 Å². The molecule has 9 heavy (non-hydrogen) atoms. The first kappa shape index (κ1) is 32.9. The van der Waals surface area contributed by atoms with Crippen LogP contribution in [0.1, 0.15) is 7.43 Å². The Morgan fingerprint density at radius 3 is 0.667 bits per heavy atom. The molecule has 8 heteroatoms. The van der Waals surface area contributed by atoms with Crippen molar-refractivity contribution in [2.45, 2.75) is 7.43 Å². The van der Waals surface area contributed by atoms with Gasteiger partial charge in [-0.05, 0) is 8.02 Å². The van der Waals surface area contributed by atoms with Gasteiger partial charge in [0.15, 0.2) is 0 Å². The maximum atomic E-state index is 8.06. The first-order chi connectivity index (χ1) is 4.00. The van der Waals surface area contributed by atoms with Crippen LogP contribution in [0.4, 0.5) is 0 Å². The van der Waals surface area contributed by atoms with Gasteiger partial charge in [-0.25, -0.2) is 0 Å². The monoisotopic (exact) mass is 224 g/mol. The Morgan fingerprint density at radius 2 is 0.667 bits per heavy atom. The third-order valence-electron chi connectivity index (χ3n) is 0. The Hall–Kier alpha value is 0.820. The molecule has 0 bridgehead atoms. The minimum Gasteiger partial charge on any atom is -0.279 e. The van der Waals surface area contributed by atoms with Gasteiger partial charge in [-0.1, -0.05) is 19.2 Å². The molecule has 0 heterocycles. The fraction of sp³-hybridized carbons (Fsp3) is 1.00. The molecule has 0 aromatic carbocycles. The highest BCUT2D eigenvalue weighted by Gasteiger charge is 0.672. The predicted octanol–water partition coefficient (Wildman–Crippen LogP) is 2.65. The molecule has 0 aliphatic rings. The molecule has 0 amide bonds. The predicted molar refractivity (Wildman–Crippen MR) is 49.4 cm³/mol. The van der Waals surface area contributed by atoms with Crippen molar-refractivity contribution in [1.82, 2.24) is 0 Å². The molecule has 56 valence electrons. The summed E-state index contributed by atoms with van der Waals surface area (Å²) >= 11 is 3.89. The van der Waals surface area contributed by atoms with E-state index in [-0.39, 0.29) is 7.43 Å². The Kier molecular flexibility index (Phi) is 2930. The molecule has 0 saturated heterocycles. The minimum atomic E-state index is 0. The lowest BCUT2D eigenvalue weighted by Gasteiger charge is -0.807. The molecular weight excluding hydrogens is 216 g/mol. The van der Waals surface area contributed by atoms with Gasteiger partial charge < -0.3 is 0 Å². The van der Waals surface area contributed by atoms with Crippen molar-refractivity contribution in [3.8, 4) is 0 Å². The summed E-state index contributed by atoms with van der Waals surface area (Å²) < 4.78 is 24.2. The largest absolute Gasteiger partial charge is 0.279 e. The van der Waals surface area contributed by atoms with E-state index in [9.17, 15) is 0 Å². The van der Waals surface area contributed by atoms with Crippen LogP contribution >= 0.6 is 35.4 Å². The van der Waals surface area contributed by atoms with Gasteiger partial charge in [-0.15, -0.1) is 0 Å². The molecule has 0 aliphatic heterocycles. The zero-order chi connectivity index (χ0) is 8.00. The SMILES string of the molecule is C.O=P.O=P.O=P.P=S. The van der Waals surface area contributed by atoms with Crippen molar-refractivity contribution in [2.75, 3.05) is 0 Å². The third kappa shape index (κ3) is 610. The van der Waals surface area contributed by atoms with E-state index in [4.69, 9.17) is 13.7 Å². The smallest absolute Gasteiger partial charge is 0.138 e. The Labute approximate surface area is 68.7 Å². The van der Waals surface area contributed by atoms with Crippen molar-refractivity contribution in [3.63, 3.8) is 0 Å². The number of hydrogen-bond acceptors (Lipinski definition) is 4. The summed E-state index contributed by atoms with van der Waals surface area (Å²) in [4.78, 5) is 0. The van der Waals surface area contributed by atoms with Gasteiger partial charge in [-0.3, -0.25) is 13.7 Å². The van der Waals surface area contributed by atoms with E-state index >= 15 is 0 Å². The lowest BCUT2D eigenvalue weighted by atomic mass is 12.0. The fourth-order valence-corrected chi connectivity index (χ4v) is 0. The van der Waals surface area contributed by atoms with E-state index in [0.29, 0.717) is 0 Å². The first-order valence-electron chi connectivity index (χ1n) is 0.816. The van der Waals surface area contributed by atoms with Crippen molar-refractivity contribution in [1.29, 1.82) is 0 Å². The molecule has 0 N–H and O–H groups in total. The molecule has 0 aromatic heterocycles. The summed E-state index contributed by atoms with van der Waals surface area (Å²) in [6.45, 7) is 0. The second-order valence-corrected chi connectivity index (χ2v) is 0. The summed E-state index contributed by atoms with van der Waals surface area (Å²) in [5.41, 5.74) is 0. The number of hydrogen-bond donors (Lipinski definition) is 0. The Balaban J connectivity index is -0.00000000762. The average molecular weight is 224 g/mol. The van der Waals surface area contributed by atoms with E-state index in [0.717, 1.165) is 0 Å². The molecule has 0 spiro atoms. The quantitative estimate of drug-likeness (QED) is 0.593. The molecule has 0 aromatic rings. The van der Waals surface area contributed by atoms with Gasteiger partial charge >= 0.3 is 0 Å². The highest BCUT2D eigenvalue weighted by molar-refractivity contribution is 7.88. The molecule has 0 aliphatic carbocycles. The summed E-state index contributed by atoms with van der Waals surface area (Å²) in [5.74, 6) is 0. The van der Waals surface area contributed by atoms with Crippen LogP contribution in [-0.4, -0.2) is 0 Å². The summed E-state index contributed by atoms with van der Waals surface area (Å²) in [5, 5.41) is 0. The van der Waals surface area contributed by atoms with Gasteiger partial charge in [0.05, 0.1) is 0 Å². The van der Waals surface area contributed by atoms with Gasteiger partial charge in [0.1, 0.15) is 27.4 Å². The maximum Gasteiger partial charge on any atom is 0.138 e. The van der Waals surface area contributed by atoms with Crippen molar-refractivity contribution in [3.05, 3.63) is 0 Å². The summed E-state index contributed by atoms with van der Waals surface area (Å²) in [6.07, 6.45) is 0. The van der Waals surface area contributed by atoms with E-state index < -0.39 is 0 Å². The van der Waals surface area contributed by atoms with Crippen molar-refractivity contribution in [2.24, 2.45) is 0 Å². The molecule has 0 fully saturated rings. The lowest BCUT2D eigenvalue weighted by molar-refractivity contribution is 0.607. The topological polar surface area (TPSA) is 51.2 Å². The number of rotatable bonds is 0. The molecule has 0 radical (unpaired) electrons. The van der Waals surface area contributed by atoms with Crippen LogP contribution in [0.5, 0.6) is 0 Å². The highest BCUT2D eigenvalue weighted by Crippen LogP contribution is 1.26. The van der Waals surface area contributed by atoms with Gasteiger partial charge in [-0.2, -0.15) is 0 Å². The zero-order valence-electron chi connectivity index (χ0n) is 3.63. The Bertz CT molecular complexity index is 23.8. The molecular formula is CH8O3P4S. The van der Waals surface area contributed by atoms with Crippen LogP contribution in [0.15, 0.2) is 0 Å². The van der Waals surface area contributed by atoms with Crippen molar-refractivity contribution < 1.29 is 13.7 Å². The molecule has 0 saturated carbocycles. The summed E-state index contributed by atoms with van der Waals surface area (Å²) in [6, 6.07) is 0. The third-order valence-corrected chi connectivity index (χ3v) is 0. The molecule has 0 atom stereocenters. The molecule has 3 nitrogen and oxygen atoms in total. The van der Waals surface area contributed by atoms with Crippen LogP contribution in [0.3, 0.4) is 0 Å². The van der Waals surface area contributed by atoms with Crippen LogP contribution in [0.25, 0.3) is 0 Å². The second-order valence-electron chi connectivity index (χ2n) is 0. The van der Waals surface area contributed by atoms with E-state index in [1.807, 2.05) is 0 Å². The van der Waals surface area contributed by atoms with E-state index in [1.54, 1.807) is 27.4 Å². The molecule has 0 unspecified atom stereocenters. The van der Waals surface area contributed by atoms with Crippen molar-refractivity contribution >= 4 is 47.2 Å². The summed E-state index contributed by atoms with van der Waals surface area (Å²) in [7, 11) is 7.72. The lowest BCUT2D eigenvalue weighted by Crippen LogP contribution is -0.489. The van der Waals surface area contributed by atoms with Crippen LogP contribution in [0, 0.1) is 0 Å². The average Bonchev–Trinajstić information content (AvgIpc) is 2.03. The van der Waals surface area contributed by atoms with Gasteiger partial charge in [0.2, 0.25) is 0 Å². The van der Waals surface area contributed by atoms with E-state index in [1.165, 1.54) is 0 Å². The minimum absolute atomic E-state index is 0.